The number of aliphatic hydroxyl groups is 1. The third-order valence-electron chi connectivity index (χ3n) is 8.01. The number of carbonyl (C=O) groups is 1. The number of halogens is 1. The van der Waals surface area contributed by atoms with E-state index in [4.69, 9.17) is 25.5 Å². The molecule has 4 aromatic rings. The molecule has 2 fully saturated rings. The largest absolute Gasteiger partial charge is 0.488 e. The number of H-pyrrole nitrogens is 1. The van der Waals surface area contributed by atoms with Crippen molar-refractivity contribution in [1.29, 1.82) is 0 Å². The molecule has 2 aliphatic rings. The van der Waals surface area contributed by atoms with Crippen LogP contribution in [-0.2, 0) is 6.61 Å². The molecule has 4 heterocycles. The average Bonchev–Trinajstić information content (AvgIpc) is 3.57. The van der Waals surface area contributed by atoms with E-state index in [-0.39, 0.29) is 18.8 Å². The van der Waals surface area contributed by atoms with Gasteiger partial charge in [0.25, 0.3) is 0 Å². The minimum Gasteiger partial charge on any atom is -0.488 e. The van der Waals surface area contributed by atoms with Crippen molar-refractivity contribution in [2.45, 2.75) is 44.4 Å². The van der Waals surface area contributed by atoms with Gasteiger partial charge in [-0.2, -0.15) is 0 Å². The van der Waals surface area contributed by atoms with Crippen molar-refractivity contribution in [3.05, 3.63) is 59.3 Å². The zero-order valence-electron chi connectivity index (χ0n) is 22.4. The molecule has 0 atom stereocenters. The molecule has 0 aliphatic carbocycles. The molecule has 9 nitrogen and oxygen atoms in total. The van der Waals surface area contributed by atoms with Crippen molar-refractivity contribution in [2.75, 3.05) is 39.3 Å². The number of furan rings is 1. The number of nitrogens with one attached hydrogen (secondary N) is 2. The van der Waals surface area contributed by atoms with Crippen LogP contribution in [0.5, 0.6) is 11.6 Å². The minimum atomic E-state index is -0.459. The number of piperidine rings is 2. The molecule has 212 valence electrons. The highest BCUT2D eigenvalue weighted by atomic mass is 35.5. The first-order valence-electron chi connectivity index (χ1n) is 14.0. The van der Waals surface area contributed by atoms with Crippen molar-refractivity contribution in [3.8, 4) is 11.6 Å². The maximum Gasteiger partial charge on any atom is 0.414 e. The van der Waals surface area contributed by atoms with Crippen molar-refractivity contribution in [1.82, 2.24) is 20.1 Å². The number of aromatic nitrogens is 1. The van der Waals surface area contributed by atoms with E-state index in [1.807, 2.05) is 36.4 Å². The summed E-state index contributed by atoms with van der Waals surface area (Å²) >= 11 is 6.37. The van der Waals surface area contributed by atoms with Crippen LogP contribution in [0.25, 0.3) is 21.9 Å². The average molecular weight is 567 g/mol. The monoisotopic (exact) mass is 566 g/mol. The highest BCUT2D eigenvalue weighted by molar-refractivity contribution is 6.35. The Morgan fingerprint density at radius 2 is 1.77 bits per heavy atom. The van der Waals surface area contributed by atoms with Crippen molar-refractivity contribution >= 4 is 39.6 Å². The van der Waals surface area contributed by atoms with Gasteiger partial charge in [-0.15, -0.1) is 0 Å². The summed E-state index contributed by atoms with van der Waals surface area (Å²) in [6.45, 7) is 6.20. The lowest BCUT2D eigenvalue weighted by Crippen LogP contribution is -2.47. The van der Waals surface area contributed by atoms with Gasteiger partial charge in [0.05, 0.1) is 22.9 Å². The number of hydrogen-bond acceptors (Lipinski definition) is 7. The number of carbonyl (C=O) groups excluding carboxylic acids is 1. The summed E-state index contributed by atoms with van der Waals surface area (Å²) < 4.78 is 17.4. The van der Waals surface area contributed by atoms with E-state index in [0.29, 0.717) is 16.7 Å². The molecule has 0 spiro atoms. The molecule has 10 heteroatoms. The lowest BCUT2D eigenvalue weighted by molar-refractivity contribution is 0.0739. The first-order chi connectivity index (χ1) is 19.5. The third kappa shape index (κ3) is 6.23. The van der Waals surface area contributed by atoms with Crippen LogP contribution in [0.15, 0.2) is 53.1 Å². The number of aromatic amines is 1. The summed E-state index contributed by atoms with van der Waals surface area (Å²) in [4.78, 5) is 20.7. The van der Waals surface area contributed by atoms with E-state index < -0.39 is 6.09 Å². The molecular weight excluding hydrogens is 532 g/mol. The number of amides is 1. The topological polar surface area (TPSA) is 103 Å². The first-order valence-corrected chi connectivity index (χ1v) is 14.4. The smallest absolute Gasteiger partial charge is 0.414 e. The Kier molecular flexibility index (Phi) is 8.15. The molecule has 2 aliphatic heterocycles. The third-order valence-corrected chi connectivity index (χ3v) is 8.32. The van der Waals surface area contributed by atoms with Gasteiger partial charge in [0.15, 0.2) is 0 Å². The fourth-order valence-corrected chi connectivity index (χ4v) is 5.96. The highest BCUT2D eigenvalue weighted by Gasteiger charge is 2.23. The van der Waals surface area contributed by atoms with E-state index in [9.17, 15) is 9.90 Å². The second kappa shape index (κ2) is 12.1. The minimum absolute atomic E-state index is 0.0914. The van der Waals surface area contributed by atoms with Crippen LogP contribution in [0.2, 0.25) is 5.02 Å². The number of rotatable bonds is 8. The molecule has 6 rings (SSSR count). The number of hydrogen-bond donors (Lipinski definition) is 3. The van der Waals surface area contributed by atoms with Gasteiger partial charge in [-0.1, -0.05) is 23.7 Å². The van der Waals surface area contributed by atoms with E-state index >= 15 is 0 Å². The number of ether oxygens (including phenoxy) is 2. The molecule has 0 unspecified atom stereocenters. The quantitative estimate of drug-likeness (QED) is 0.271. The molecule has 0 radical (unpaired) electrons. The molecular formula is C30H35ClN4O5. The van der Waals surface area contributed by atoms with Gasteiger partial charge >= 0.3 is 6.09 Å². The van der Waals surface area contributed by atoms with Gasteiger partial charge in [-0.05, 0) is 49.9 Å². The number of fused-ring (bicyclic) bond motifs is 2. The van der Waals surface area contributed by atoms with Crippen molar-refractivity contribution in [2.24, 2.45) is 0 Å². The van der Waals surface area contributed by atoms with Crippen LogP contribution in [-0.4, -0.2) is 77.4 Å². The fraction of sp³-hybridized carbons (Fsp3) is 0.433. The number of nitrogens with zero attached hydrogens (tertiary/aromatic N) is 2. The molecule has 1 amide bonds. The Morgan fingerprint density at radius 3 is 2.55 bits per heavy atom. The van der Waals surface area contributed by atoms with Crippen LogP contribution < -0.4 is 14.8 Å². The summed E-state index contributed by atoms with van der Waals surface area (Å²) in [6.07, 6.45) is 4.60. The van der Waals surface area contributed by atoms with Gasteiger partial charge in [0, 0.05) is 67.7 Å². The molecule has 2 saturated heterocycles. The zero-order chi connectivity index (χ0) is 27.5. The second-order valence-corrected chi connectivity index (χ2v) is 11.1. The van der Waals surface area contributed by atoms with Crippen LogP contribution in [0, 0.1) is 0 Å². The van der Waals surface area contributed by atoms with E-state index in [1.54, 1.807) is 12.3 Å². The van der Waals surface area contributed by atoms with Crippen molar-refractivity contribution < 1.29 is 23.8 Å². The van der Waals surface area contributed by atoms with Gasteiger partial charge in [0.1, 0.15) is 17.9 Å². The molecule has 40 heavy (non-hydrogen) atoms. The maximum atomic E-state index is 12.7. The summed E-state index contributed by atoms with van der Waals surface area (Å²) in [5, 5.41) is 15.0. The van der Waals surface area contributed by atoms with Crippen LogP contribution in [0.3, 0.4) is 0 Å². The summed E-state index contributed by atoms with van der Waals surface area (Å²) in [6, 6.07) is 13.1. The number of aliphatic hydroxyl groups excluding tert-OH is 1. The molecule has 0 saturated carbocycles. The fourth-order valence-electron chi connectivity index (χ4n) is 5.67. The van der Waals surface area contributed by atoms with Gasteiger partial charge in [-0.25, -0.2) is 4.79 Å². The zero-order valence-corrected chi connectivity index (χ0v) is 23.2. The Hall–Kier alpha value is -3.24. The van der Waals surface area contributed by atoms with E-state index in [0.717, 1.165) is 92.4 Å². The molecule has 0 bridgehead atoms. The second-order valence-electron chi connectivity index (χ2n) is 10.7. The molecule has 2 aromatic carbocycles. The Balaban J connectivity index is 0.994. The van der Waals surface area contributed by atoms with Gasteiger partial charge in [-0.3, -0.25) is 0 Å². The normalized spacial score (nSPS) is 17.9. The van der Waals surface area contributed by atoms with E-state index in [1.165, 1.54) is 0 Å². The maximum absolute atomic E-state index is 12.7. The Bertz CT molecular complexity index is 1450. The number of benzene rings is 2. The Labute approximate surface area is 238 Å². The molecule has 2 aromatic heterocycles. The predicted molar refractivity (Wildman–Crippen MR) is 154 cm³/mol. The SMILES string of the molecule is O=C(NC1CCN(CCN2CCC(O)CC2)CC1)Oc1cc2c(OCc3coc4cccc(Cl)c34)cccc2[nH]1. The van der Waals surface area contributed by atoms with Crippen molar-refractivity contribution in [3.63, 3.8) is 0 Å². The molecule has 3 N–H and O–H groups in total. The number of likely N-dealkylation sites (tertiary alicyclic amines) is 2. The lowest BCUT2D eigenvalue weighted by Gasteiger charge is -2.35. The first kappa shape index (κ1) is 27.0. The standard InChI is InChI=1S/C30H35ClN4O5/c31-24-3-1-6-27-29(24)20(19-39-27)18-38-26-5-2-4-25-23(26)17-28(33-25)40-30(37)32-21-7-11-34(12-8-21)15-16-35-13-9-22(36)10-14-35/h1-6,17,19,21-22,33,36H,7-16,18H2,(H,32,37). The van der Waals surface area contributed by atoms with Crippen LogP contribution in [0.4, 0.5) is 4.79 Å². The summed E-state index contributed by atoms with van der Waals surface area (Å²) in [7, 11) is 0. The Morgan fingerprint density at radius 1 is 1.05 bits per heavy atom. The summed E-state index contributed by atoms with van der Waals surface area (Å²) in [5.41, 5.74) is 2.39. The van der Waals surface area contributed by atoms with Gasteiger partial charge < -0.3 is 39.1 Å². The lowest BCUT2D eigenvalue weighted by atomic mass is 10.1. The van der Waals surface area contributed by atoms with Crippen LogP contribution in [0.1, 0.15) is 31.2 Å². The highest BCUT2D eigenvalue weighted by Crippen LogP contribution is 2.32. The van der Waals surface area contributed by atoms with Crippen LogP contribution >= 0.6 is 11.6 Å². The summed E-state index contributed by atoms with van der Waals surface area (Å²) in [5.74, 6) is 1.03. The van der Waals surface area contributed by atoms with Gasteiger partial charge in [0.2, 0.25) is 5.88 Å². The predicted octanol–water partition coefficient (Wildman–Crippen LogP) is 5.16. The van der Waals surface area contributed by atoms with E-state index in [2.05, 4.69) is 20.1 Å².